The van der Waals surface area contributed by atoms with Crippen LogP contribution in [0.3, 0.4) is 0 Å². The molecule has 4 nitrogen and oxygen atoms in total. The van der Waals surface area contributed by atoms with Gasteiger partial charge in [-0.15, -0.1) is 11.3 Å². The summed E-state index contributed by atoms with van der Waals surface area (Å²) >= 11 is 1.58. The number of carboxylic acid groups (broad SMARTS) is 1. The van der Waals surface area contributed by atoms with E-state index in [9.17, 15) is 9.18 Å². The van der Waals surface area contributed by atoms with Crippen LogP contribution in [0.1, 0.15) is 26.6 Å². The van der Waals surface area contributed by atoms with Crippen molar-refractivity contribution in [1.82, 2.24) is 9.88 Å². The van der Waals surface area contributed by atoms with Gasteiger partial charge in [-0.25, -0.2) is 14.2 Å². The Morgan fingerprint density at radius 3 is 2.80 bits per heavy atom. The maximum absolute atomic E-state index is 13.1. The van der Waals surface area contributed by atoms with Crippen LogP contribution < -0.4 is 0 Å². The van der Waals surface area contributed by atoms with Gasteiger partial charge in [-0.1, -0.05) is 6.07 Å². The topological polar surface area (TPSA) is 53.4 Å². The minimum atomic E-state index is -1.11. The molecule has 0 aliphatic heterocycles. The van der Waals surface area contributed by atoms with Gasteiger partial charge >= 0.3 is 5.97 Å². The van der Waals surface area contributed by atoms with E-state index >= 15 is 0 Å². The van der Waals surface area contributed by atoms with E-state index in [1.807, 2.05) is 24.3 Å². The zero-order valence-corrected chi connectivity index (χ0v) is 12.1. The van der Waals surface area contributed by atoms with Crippen molar-refractivity contribution in [2.24, 2.45) is 0 Å². The first-order valence-corrected chi connectivity index (χ1v) is 6.95. The highest BCUT2D eigenvalue weighted by molar-refractivity contribution is 7.09. The molecule has 1 aromatic carbocycles. The van der Waals surface area contributed by atoms with Crippen LogP contribution in [-0.2, 0) is 13.1 Å². The van der Waals surface area contributed by atoms with Crippen molar-refractivity contribution < 1.29 is 14.3 Å². The smallest absolute Gasteiger partial charge is 0.336 e. The largest absolute Gasteiger partial charge is 0.478 e. The molecule has 1 heterocycles. The molecule has 6 heteroatoms. The fourth-order valence-electron chi connectivity index (χ4n) is 1.99. The van der Waals surface area contributed by atoms with E-state index in [0.29, 0.717) is 18.7 Å². The second kappa shape index (κ2) is 6.11. The molecule has 0 saturated carbocycles. The maximum Gasteiger partial charge on any atom is 0.336 e. The van der Waals surface area contributed by atoms with Crippen LogP contribution >= 0.6 is 11.3 Å². The molecular weight excluding hydrogens is 279 g/mol. The Labute approximate surface area is 120 Å². The van der Waals surface area contributed by atoms with Gasteiger partial charge in [-0.3, -0.25) is 4.90 Å². The first kappa shape index (κ1) is 14.6. The van der Waals surface area contributed by atoms with E-state index < -0.39 is 11.8 Å². The van der Waals surface area contributed by atoms with Crippen LogP contribution in [0.4, 0.5) is 4.39 Å². The van der Waals surface area contributed by atoms with Crippen molar-refractivity contribution in [3.63, 3.8) is 0 Å². The van der Waals surface area contributed by atoms with Crippen LogP contribution in [0.5, 0.6) is 0 Å². The Hall–Kier alpha value is -1.79. The van der Waals surface area contributed by atoms with Gasteiger partial charge in [0, 0.05) is 18.5 Å². The van der Waals surface area contributed by atoms with Gasteiger partial charge in [0.2, 0.25) is 0 Å². The molecule has 0 bridgehead atoms. The summed E-state index contributed by atoms with van der Waals surface area (Å²) in [5, 5.41) is 12.1. The lowest BCUT2D eigenvalue weighted by atomic mass is 10.1. The van der Waals surface area contributed by atoms with Crippen molar-refractivity contribution in [1.29, 1.82) is 0 Å². The summed E-state index contributed by atoms with van der Waals surface area (Å²) in [5.74, 6) is -1.65. The Balaban J connectivity index is 2.11. The van der Waals surface area contributed by atoms with Gasteiger partial charge in [0.15, 0.2) is 0 Å². The predicted molar refractivity (Wildman–Crippen MR) is 75.4 cm³/mol. The van der Waals surface area contributed by atoms with Gasteiger partial charge in [0.1, 0.15) is 5.82 Å². The zero-order chi connectivity index (χ0) is 14.7. The van der Waals surface area contributed by atoms with Crippen molar-refractivity contribution in [2.75, 3.05) is 7.05 Å². The van der Waals surface area contributed by atoms with Crippen LogP contribution in [-0.4, -0.2) is 28.0 Å². The average Bonchev–Trinajstić information content (AvgIpc) is 2.76. The Morgan fingerprint density at radius 1 is 1.45 bits per heavy atom. The monoisotopic (exact) mass is 294 g/mol. The number of rotatable bonds is 5. The summed E-state index contributed by atoms with van der Waals surface area (Å²) < 4.78 is 13.1. The highest BCUT2D eigenvalue weighted by atomic mass is 32.1. The summed E-state index contributed by atoms with van der Waals surface area (Å²) in [6.45, 7) is 3.00. The number of benzene rings is 1. The Kier molecular flexibility index (Phi) is 4.46. The van der Waals surface area contributed by atoms with Crippen LogP contribution in [0.25, 0.3) is 0 Å². The van der Waals surface area contributed by atoms with Gasteiger partial charge in [0.25, 0.3) is 0 Å². The van der Waals surface area contributed by atoms with E-state index in [2.05, 4.69) is 4.98 Å². The van der Waals surface area contributed by atoms with Crippen molar-refractivity contribution >= 4 is 17.3 Å². The molecule has 2 aromatic rings. The summed E-state index contributed by atoms with van der Waals surface area (Å²) in [7, 11) is 1.88. The van der Waals surface area contributed by atoms with E-state index in [4.69, 9.17) is 5.11 Å². The first-order valence-electron chi connectivity index (χ1n) is 6.07. The van der Waals surface area contributed by atoms with Gasteiger partial charge in [0.05, 0.1) is 16.3 Å². The standard InChI is InChI=1S/C14H15FN2O2S/c1-9-16-12(8-20-9)7-17(2)6-10-3-4-11(15)5-13(10)14(18)19/h3-5,8H,6-7H2,1-2H3,(H,18,19). The third-order valence-electron chi connectivity index (χ3n) is 2.84. The Morgan fingerprint density at radius 2 is 2.20 bits per heavy atom. The SMILES string of the molecule is Cc1nc(CN(C)Cc2ccc(F)cc2C(=O)O)cs1. The van der Waals surface area contributed by atoms with Gasteiger partial charge in [-0.2, -0.15) is 0 Å². The number of aryl methyl sites for hydroxylation is 1. The molecule has 1 aromatic heterocycles. The number of hydrogen-bond donors (Lipinski definition) is 1. The quantitative estimate of drug-likeness (QED) is 0.921. The van der Waals surface area contributed by atoms with E-state index in [1.54, 1.807) is 11.3 Å². The fraction of sp³-hybridized carbons (Fsp3) is 0.286. The minimum absolute atomic E-state index is 0.00584. The Bertz CT molecular complexity index is 627. The first-order chi connectivity index (χ1) is 9.45. The summed E-state index contributed by atoms with van der Waals surface area (Å²) in [6, 6.07) is 3.85. The molecule has 0 saturated heterocycles. The number of halogens is 1. The lowest BCUT2D eigenvalue weighted by molar-refractivity contribution is 0.0694. The molecule has 0 radical (unpaired) electrons. The zero-order valence-electron chi connectivity index (χ0n) is 11.3. The van der Waals surface area contributed by atoms with Gasteiger partial charge < -0.3 is 5.11 Å². The van der Waals surface area contributed by atoms with Crippen LogP contribution in [0.2, 0.25) is 0 Å². The molecule has 0 aliphatic rings. The summed E-state index contributed by atoms with van der Waals surface area (Å²) in [4.78, 5) is 17.4. The number of carbonyl (C=O) groups is 1. The normalized spacial score (nSPS) is 11.0. The van der Waals surface area contributed by atoms with Crippen molar-refractivity contribution in [2.45, 2.75) is 20.0 Å². The fourth-order valence-corrected chi connectivity index (χ4v) is 2.59. The molecule has 1 N–H and O–H groups in total. The maximum atomic E-state index is 13.1. The third-order valence-corrected chi connectivity index (χ3v) is 3.66. The van der Waals surface area contributed by atoms with Crippen molar-refractivity contribution in [3.05, 3.63) is 51.2 Å². The highest BCUT2D eigenvalue weighted by Crippen LogP contribution is 2.16. The van der Waals surface area contributed by atoms with Crippen LogP contribution in [0, 0.1) is 12.7 Å². The van der Waals surface area contributed by atoms with Crippen molar-refractivity contribution in [3.8, 4) is 0 Å². The number of carboxylic acids is 1. The minimum Gasteiger partial charge on any atom is -0.478 e. The second-order valence-corrected chi connectivity index (χ2v) is 5.70. The summed E-state index contributed by atoms with van der Waals surface area (Å²) in [5.41, 5.74) is 1.55. The third kappa shape index (κ3) is 3.61. The molecule has 106 valence electrons. The van der Waals surface area contributed by atoms with E-state index in [0.717, 1.165) is 16.8 Å². The summed E-state index contributed by atoms with van der Waals surface area (Å²) in [6.07, 6.45) is 0. The van der Waals surface area contributed by atoms with Gasteiger partial charge in [-0.05, 0) is 31.7 Å². The number of aromatic carboxylic acids is 1. The average molecular weight is 294 g/mol. The molecule has 0 amide bonds. The molecule has 20 heavy (non-hydrogen) atoms. The number of thiazole rings is 1. The molecular formula is C14H15FN2O2S. The highest BCUT2D eigenvalue weighted by Gasteiger charge is 2.13. The molecule has 0 fully saturated rings. The molecule has 0 unspecified atom stereocenters. The molecule has 2 rings (SSSR count). The van der Waals surface area contributed by atoms with E-state index in [1.165, 1.54) is 12.1 Å². The number of nitrogens with zero attached hydrogens (tertiary/aromatic N) is 2. The molecule has 0 atom stereocenters. The molecule has 0 spiro atoms. The predicted octanol–water partition coefficient (Wildman–Crippen LogP) is 2.92. The lowest BCUT2D eigenvalue weighted by Gasteiger charge is -2.16. The van der Waals surface area contributed by atoms with Crippen LogP contribution in [0.15, 0.2) is 23.6 Å². The second-order valence-electron chi connectivity index (χ2n) is 4.64. The lowest BCUT2D eigenvalue weighted by Crippen LogP contribution is -2.19. The number of aromatic nitrogens is 1. The van der Waals surface area contributed by atoms with E-state index in [-0.39, 0.29) is 5.56 Å². The number of hydrogen-bond acceptors (Lipinski definition) is 4. The molecule has 0 aliphatic carbocycles.